The van der Waals surface area contributed by atoms with Gasteiger partial charge in [-0.3, -0.25) is 76.7 Å². The summed E-state index contributed by atoms with van der Waals surface area (Å²) in [5.41, 5.74) is 9.61. The standard InChI is InChI=1S/C77H114N14O17/c1-42(2)35-54-41-82-58(31-32-61(78)94)65(98)64(97)47(7)84-72(105)60(37-53-40-81-57-26-22-21-25-56(53)57)90-73(106)59(36-52-27-29-55(93)30-28-52)89-70(103)51(11)87-74(107)76(12,38-44(4)92)33-23-19-17-15-14-16-18-20-24-34-77(13,91-71(54)104)75(108)88-50(10)69(102)86-49(9)68(101)85-48(8)67(100)83-46(6)63(96)62(95)45(5)80-39-43(3)66(79)99/h16,18,21-22,25-30,40,42-43,45-51,54,58-60,80-82,93H,14-15,17,19-20,23-24,31-39,41H2,1-13H3,(H2,78,94)(H2,79,99)(H,83,100)(H,84,105)(H,85,101)(H,86,102)(H,87,107)(H,88,108)(H,89,103)(H,90,106)(H,91,104)/b18-16+/t43-,45-,46-,47?,48?,49-,50?,51?,54+,58-,59-,60-,76-,77-/m0/s1. The van der Waals surface area contributed by atoms with Gasteiger partial charge in [-0.05, 0) is 149 Å². The molecule has 0 spiro atoms. The van der Waals surface area contributed by atoms with E-state index in [-0.39, 0.29) is 69.1 Å². The van der Waals surface area contributed by atoms with Crippen LogP contribution >= 0.6 is 0 Å². The fraction of sp³-hybridized carbons (Fsp3) is 0.584. The van der Waals surface area contributed by atoms with Gasteiger partial charge in [-0.15, -0.1) is 0 Å². The molecule has 1 aliphatic heterocycles. The molecule has 0 saturated heterocycles. The number of nitrogens with two attached hydrogens (primary N) is 2. The van der Waals surface area contributed by atoms with Gasteiger partial charge >= 0.3 is 0 Å². The van der Waals surface area contributed by atoms with Crippen LogP contribution in [-0.2, 0) is 89.6 Å². The van der Waals surface area contributed by atoms with Crippen molar-refractivity contribution in [1.29, 1.82) is 0 Å². The molecule has 4 unspecified atom stereocenters. The minimum absolute atomic E-state index is 0.00889. The maximum Gasteiger partial charge on any atom is 0.246 e. The second kappa shape index (κ2) is 43.1. The molecule has 108 heavy (non-hydrogen) atoms. The first kappa shape index (κ1) is 90.4. The minimum Gasteiger partial charge on any atom is -0.508 e. The van der Waals surface area contributed by atoms with Crippen molar-refractivity contribution in [3.05, 3.63) is 78.0 Å². The molecule has 17 N–H and O–H groups in total. The Balaban J connectivity index is 1.66. The van der Waals surface area contributed by atoms with Gasteiger partial charge in [0.15, 0.2) is 0 Å². The Labute approximate surface area is 631 Å². The van der Waals surface area contributed by atoms with E-state index < -0.39 is 178 Å². The van der Waals surface area contributed by atoms with Crippen LogP contribution in [0, 0.1) is 23.2 Å². The Hall–Kier alpha value is -10.0. The minimum atomic E-state index is -1.75. The van der Waals surface area contributed by atoms with E-state index in [1.807, 2.05) is 26.0 Å². The molecule has 2 heterocycles. The number of carbonyl (C=O) groups is 16. The van der Waals surface area contributed by atoms with Crippen LogP contribution in [0.1, 0.15) is 185 Å². The molecule has 594 valence electrons. The van der Waals surface area contributed by atoms with Gasteiger partial charge in [0.05, 0.1) is 35.5 Å². The first-order chi connectivity index (χ1) is 50.7. The summed E-state index contributed by atoms with van der Waals surface area (Å²) >= 11 is 0. The van der Waals surface area contributed by atoms with Gasteiger partial charge < -0.3 is 80.0 Å². The normalized spacial score (nSPS) is 23.9. The van der Waals surface area contributed by atoms with Gasteiger partial charge in [0, 0.05) is 61.8 Å². The van der Waals surface area contributed by atoms with Crippen LogP contribution in [0.3, 0.4) is 0 Å². The van der Waals surface area contributed by atoms with Gasteiger partial charge in [0.2, 0.25) is 88.1 Å². The number of Topliss-reactive ketones (excluding diaryl/α,β-unsaturated/α-hetero) is 5. The summed E-state index contributed by atoms with van der Waals surface area (Å²) in [5.74, 6) is -14.8. The predicted molar refractivity (Wildman–Crippen MR) is 403 cm³/mol. The Kier molecular flexibility index (Phi) is 36.0. The molecular weight excluding hydrogens is 1390 g/mol. The highest BCUT2D eigenvalue weighted by Gasteiger charge is 2.41. The first-order valence-corrected chi connectivity index (χ1v) is 37.1. The number of aromatic nitrogens is 1. The summed E-state index contributed by atoms with van der Waals surface area (Å²) in [6.07, 6.45) is 8.89. The Morgan fingerprint density at radius 2 is 1.15 bits per heavy atom. The third-order valence-electron chi connectivity index (χ3n) is 19.2. The average molecular weight is 1510 g/mol. The molecule has 0 bridgehead atoms. The quantitative estimate of drug-likeness (QED) is 0.0403. The van der Waals surface area contributed by atoms with Crippen molar-refractivity contribution in [1.82, 2.24) is 63.5 Å². The van der Waals surface area contributed by atoms with E-state index in [9.17, 15) is 81.8 Å². The molecule has 11 amide bonds. The number of hydrogen-bond donors (Lipinski definition) is 15. The van der Waals surface area contributed by atoms with Gasteiger partial charge in [0.25, 0.3) is 0 Å². The van der Waals surface area contributed by atoms with Gasteiger partial charge in [-0.25, -0.2) is 0 Å². The largest absolute Gasteiger partial charge is 0.508 e. The van der Waals surface area contributed by atoms with E-state index in [1.54, 1.807) is 37.4 Å². The van der Waals surface area contributed by atoms with Crippen molar-refractivity contribution in [2.75, 3.05) is 13.1 Å². The number of aromatic hydroxyl groups is 1. The number of phenolic OH excluding ortho intramolecular Hbond substituents is 1. The number of carbonyl (C=O) groups excluding carboxylic acids is 16. The molecule has 31 heteroatoms. The molecule has 0 aliphatic carbocycles. The topological polar surface area (TPSA) is 494 Å². The molecule has 1 aliphatic rings. The monoisotopic (exact) mass is 1510 g/mol. The molecule has 2 aromatic carbocycles. The van der Waals surface area contributed by atoms with Crippen molar-refractivity contribution in [3.8, 4) is 5.75 Å². The highest BCUT2D eigenvalue weighted by atomic mass is 16.3. The molecule has 4 rings (SSSR count). The number of amides is 11. The van der Waals surface area contributed by atoms with Gasteiger partial charge in [-0.2, -0.15) is 0 Å². The smallest absolute Gasteiger partial charge is 0.246 e. The van der Waals surface area contributed by atoms with Crippen LogP contribution in [0.25, 0.3) is 10.9 Å². The number of para-hydroxylation sites is 1. The molecule has 14 atom stereocenters. The molecule has 3 aromatic rings. The summed E-state index contributed by atoms with van der Waals surface area (Å²) in [6, 6.07) is -0.551. The SMILES string of the molecule is CC(=O)C[C@]1(C)CCCCCC/C=C/CCC[C@@](C)(C(=O)NC(C)C(=O)N[C@@H](C)C(=O)NC(C)C(=O)N[C@@H](C)C(=O)C(=O)[C@H](C)NC[C@H](C)C(N)=O)NC(=O)[C@H](CC(C)C)CN[C@@H](CCC(N)=O)C(=O)C(=O)C(C)NC(=O)[C@H](Cc2c[nH]c3ccccc23)NC(=O)[C@H](Cc2ccc(O)cc2)NC(=O)C(C)NC1=O. The maximum atomic E-state index is 14.8. The summed E-state index contributed by atoms with van der Waals surface area (Å²) in [5, 5.41) is 40.3. The molecule has 0 fully saturated rings. The fourth-order valence-electron chi connectivity index (χ4n) is 12.3. The van der Waals surface area contributed by atoms with E-state index in [1.165, 1.54) is 93.5 Å². The van der Waals surface area contributed by atoms with Gasteiger partial charge in [0.1, 0.15) is 53.3 Å². The number of benzene rings is 2. The Morgan fingerprint density at radius 3 is 1.75 bits per heavy atom. The number of allylic oxidation sites excluding steroid dienone is 2. The summed E-state index contributed by atoms with van der Waals surface area (Å²) in [7, 11) is 0. The summed E-state index contributed by atoms with van der Waals surface area (Å²) in [6.45, 7) is 18.8. The lowest BCUT2D eigenvalue weighted by Gasteiger charge is -2.33. The van der Waals surface area contributed by atoms with Crippen LogP contribution in [0.15, 0.2) is 66.9 Å². The highest BCUT2D eigenvalue weighted by molar-refractivity contribution is 6.41. The zero-order valence-electron chi connectivity index (χ0n) is 64.5. The van der Waals surface area contributed by atoms with Crippen LogP contribution < -0.4 is 70.0 Å². The van der Waals surface area contributed by atoms with Crippen LogP contribution in [0.2, 0.25) is 0 Å². The van der Waals surface area contributed by atoms with E-state index in [0.717, 1.165) is 12.8 Å². The lowest BCUT2D eigenvalue weighted by Crippen LogP contribution is -2.62. The number of aromatic amines is 1. The molecule has 31 nitrogen and oxygen atoms in total. The third-order valence-corrected chi connectivity index (χ3v) is 19.2. The highest BCUT2D eigenvalue weighted by Crippen LogP contribution is 2.31. The van der Waals surface area contributed by atoms with Crippen LogP contribution in [-0.4, -0.2) is 183 Å². The van der Waals surface area contributed by atoms with E-state index in [0.29, 0.717) is 60.6 Å². The molecular formula is C77H114N14O17. The number of ketones is 5. The average Bonchev–Trinajstić information content (AvgIpc) is 1.78. The van der Waals surface area contributed by atoms with Crippen LogP contribution in [0.4, 0.5) is 0 Å². The van der Waals surface area contributed by atoms with E-state index >= 15 is 0 Å². The van der Waals surface area contributed by atoms with Crippen molar-refractivity contribution in [2.45, 2.75) is 252 Å². The fourth-order valence-corrected chi connectivity index (χ4v) is 12.3. The van der Waals surface area contributed by atoms with E-state index in [4.69, 9.17) is 11.5 Å². The van der Waals surface area contributed by atoms with Crippen LogP contribution in [0.5, 0.6) is 5.75 Å². The second-order valence-electron chi connectivity index (χ2n) is 29.6. The molecule has 1 aromatic heterocycles. The van der Waals surface area contributed by atoms with Crippen molar-refractivity contribution in [3.63, 3.8) is 0 Å². The maximum absolute atomic E-state index is 14.8. The number of phenols is 1. The third kappa shape index (κ3) is 28.9. The number of H-pyrrole nitrogens is 1. The zero-order chi connectivity index (χ0) is 80.9. The zero-order valence-corrected chi connectivity index (χ0v) is 64.5. The number of nitrogens with one attached hydrogen (secondary N) is 12. The number of primary amides is 2. The number of rotatable bonds is 26. The number of hydrogen-bond acceptors (Lipinski definition) is 19. The summed E-state index contributed by atoms with van der Waals surface area (Å²) in [4.78, 5) is 222. The van der Waals surface area contributed by atoms with Crippen molar-refractivity contribution in [2.24, 2.45) is 34.6 Å². The Morgan fingerprint density at radius 1 is 0.593 bits per heavy atom. The molecule has 0 radical (unpaired) electrons. The first-order valence-electron chi connectivity index (χ1n) is 37.1. The predicted octanol–water partition coefficient (Wildman–Crippen LogP) is 1.86. The van der Waals surface area contributed by atoms with E-state index in [2.05, 4.69) is 63.5 Å². The summed E-state index contributed by atoms with van der Waals surface area (Å²) < 4.78 is 0. The number of fused-ring (bicyclic) bond motifs is 1. The van der Waals surface area contributed by atoms with Crippen molar-refractivity contribution >= 4 is 105 Å². The second-order valence-corrected chi connectivity index (χ2v) is 29.6. The van der Waals surface area contributed by atoms with Crippen molar-refractivity contribution < 1.29 is 81.8 Å². The lowest BCUT2D eigenvalue weighted by molar-refractivity contribution is -0.140. The Bertz CT molecular complexity index is 3740. The molecule has 0 saturated carbocycles. The van der Waals surface area contributed by atoms with Gasteiger partial charge in [-0.1, -0.05) is 89.4 Å². The lowest BCUT2D eigenvalue weighted by atomic mass is 9.79.